The summed E-state index contributed by atoms with van der Waals surface area (Å²) in [4.78, 5) is 13.2. The van der Waals surface area contributed by atoms with Gasteiger partial charge in [-0.25, -0.2) is 0 Å². The first-order valence-electron chi connectivity index (χ1n) is 12.3. The number of para-hydroxylation sites is 1. The van der Waals surface area contributed by atoms with Crippen molar-refractivity contribution in [1.82, 2.24) is 4.57 Å². The van der Waals surface area contributed by atoms with Gasteiger partial charge in [-0.3, -0.25) is 4.79 Å². The van der Waals surface area contributed by atoms with E-state index >= 15 is 0 Å². The second kappa shape index (κ2) is 11.7. The van der Waals surface area contributed by atoms with Gasteiger partial charge in [0.05, 0.1) is 6.61 Å². The highest BCUT2D eigenvalue weighted by atomic mass is 35.5. The summed E-state index contributed by atoms with van der Waals surface area (Å²) >= 11 is 12.6. The topological polar surface area (TPSA) is 76.6 Å². The Balaban J connectivity index is 1.45. The number of alkyl halides is 2. The van der Waals surface area contributed by atoms with Crippen LogP contribution in [0.1, 0.15) is 30.1 Å². The van der Waals surface area contributed by atoms with Crippen LogP contribution in [0, 0.1) is 11.1 Å². The maximum atomic E-state index is 13.2. The summed E-state index contributed by atoms with van der Waals surface area (Å²) in [6.45, 7) is -2.75. The van der Waals surface area contributed by atoms with Gasteiger partial charge in [0.1, 0.15) is 22.7 Å². The van der Waals surface area contributed by atoms with Crippen molar-refractivity contribution in [2.75, 3.05) is 6.61 Å². The third-order valence-corrected chi connectivity index (χ3v) is 7.08. The fourth-order valence-corrected chi connectivity index (χ4v) is 4.87. The van der Waals surface area contributed by atoms with E-state index in [1.807, 2.05) is 30.3 Å². The number of nitrogens with zero attached hydrogens (tertiary/aromatic N) is 2. The van der Waals surface area contributed by atoms with Crippen LogP contribution in [-0.4, -0.2) is 23.8 Å². The van der Waals surface area contributed by atoms with E-state index in [1.54, 1.807) is 10.8 Å². The highest BCUT2D eigenvalue weighted by molar-refractivity contribution is 6.35. The van der Waals surface area contributed by atoms with Crippen molar-refractivity contribution >= 4 is 40.1 Å². The van der Waals surface area contributed by atoms with Crippen molar-refractivity contribution in [2.45, 2.75) is 38.5 Å². The van der Waals surface area contributed by atoms with Crippen LogP contribution in [0.15, 0.2) is 67.1 Å². The largest absolute Gasteiger partial charge is 0.619 e. The zero-order valence-electron chi connectivity index (χ0n) is 20.6. The standard InChI is InChI=1S/C28H24Cl2F2N2O5/c29-21-13-34(36)14-22(30)20(21)12-25(38-27(35)15-33-10-9-18-3-1-2-4-23(18)33)19-7-8-24(39-28(31)32)26(11-19)37-16-17-5-6-17/h1-4,7-11,13-14,17,25,28H,5-6,12,15-16H2/t25-/m0/s1. The lowest BCUT2D eigenvalue weighted by Gasteiger charge is -2.21. The van der Waals surface area contributed by atoms with Crippen LogP contribution in [0.25, 0.3) is 10.9 Å². The van der Waals surface area contributed by atoms with Crippen LogP contribution >= 0.6 is 23.2 Å². The van der Waals surface area contributed by atoms with Gasteiger partial charge in [0.15, 0.2) is 23.9 Å². The van der Waals surface area contributed by atoms with Crippen molar-refractivity contribution in [2.24, 2.45) is 5.92 Å². The number of rotatable bonds is 11. The molecule has 5 rings (SSSR count). The number of hydrogen-bond donors (Lipinski definition) is 0. The average molecular weight is 577 g/mol. The van der Waals surface area contributed by atoms with Gasteiger partial charge in [-0.15, -0.1) is 0 Å². The number of fused-ring (bicyclic) bond motifs is 1. The molecule has 204 valence electrons. The Morgan fingerprint density at radius 3 is 2.54 bits per heavy atom. The molecule has 2 aromatic heterocycles. The van der Waals surface area contributed by atoms with Gasteiger partial charge in [0.25, 0.3) is 0 Å². The van der Waals surface area contributed by atoms with Crippen molar-refractivity contribution in [1.29, 1.82) is 0 Å². The predicted octanol–water partition coefficient (Wildman–Crippen LogP) is 6.50. The van der Waals surface area contributed by atoms with Gasteiger partial charge in [-0.2, -0.15) is 13.5 Å². The molecule has 4 aromatic rings. The van der Waals surface area contributed by atoms with Gasteiger partial charge in [0.2, 0.25) is 0 Å². The van der Waals surface area contributed by atoms with Crippen LogP contribution < -0.4 is 14.2 Å². The summed E-state index contributed by atoms with van der Waals surface area (Å²) in [6.07, 6.45) is 5.19. The minimum absolute atomic E-state index is 0.0216. The number of hydrogen-bond acceptors (Lipinski definition) is 5. The van der Waals surface area contributed by atoms with Crippen molar-refractivity contribution < 1.29 is 32.5 Å². The highest BCUT2D eigenvalue weighted by Gasteiger charge is 2.26. The predicted molar refractivity (Wildman–Crippen MR) is 141 cm³/mol. The molecule has 0 unspecified atom stereocenters. The zero-order valence-corrected chi connectivity index (χ0v) is 22.1. The van der Waals surface area contributed by atoms with Gasteiger partial charge in [-0.05, 0) is 54.0 Å². The number of ether oxygens (including phenoxy) is 3. The molecule has 1 saturated carbocycles. The lowest BCUT2D eigenvalue weighted by atomic mass is 10.0. The molecule has 0 amide bonds. The normalized spacial score (nSPS) is 14.0. The number of halogens is 4. The van der Waals surface area contributed by atoms with Gasteiger partial charge in [0, 0.05) is 23.7 Å². The maximum absolute atomic E-state index is 13.2. The van der Waals surface area contributed by atoms with E-state index in [0.717, 1.165) is 36.1 Å². The van der Waals surface area contributed by atoms with E-state index < -0.39 is 18.7 Å². The average Bonchev–Trinajstić information content (AvgIpc) is 3.64. The van der Waals surface area contributed by atoms with E-state index in [2.05, 4.69) is 4.74 Å². The minimum atomic E-state index is -3.04. The molecule has 11 heteroatoms. The number of pyridine rings is 1. The molecule has 0 bridgehead atoms. The van der Waals surface area contributed by atoms with Crippen molar-refractivity contribution in [3.63, 3.8) is 0 Å². The third-order valence-electron chi connectivity index (χ3n) is 6.43. The Morgan fingerprint density at radius 1 is 1.08 bits per heavy atom. The van der Waals surface area contributed by atoms with Crippen molar-refractivity contribution in [3.05, 3.63) is 93.5 Å². The Kier molecular flexibility index (Phi) is 8.09. The monoisotopic (exact) mass is 576 g/mol. The molecule has 1 aliphatic rings. The molecule has 2 aromatic carbocycles. The number of carbonyl (C=O) groups is 1. The minimum Gasteiger partial charge on any atom is -0.619 e. The second-order valence-corrected chi connectivity index (χ2v) is 10.1. The molecule has 1 fully saturated rings. The molecule has 0 aliphatic heterocycles. The Morgan fingerprint density at radius 2 is 1.82 bits per heavy atom. The van der Waals surface area contributed by atoms with Crippen molar-refractivity contribution in [3.8, 4) is 11.5 Å². The Labute approximate surface area is 233 Å². The molecule has 0 saturated heterocycles. The quantitative estimate of drug-likeness (QED) is 0.116. The zero-order chi connectivity index (χ0) is 27.5. The number of carbonyl (C=O) groups excluding carboxylic acids is 1. The van der Waals surface area contributed by atoms with Crippen LogP contribution in [0.5, 0.6) is 11.5 Å². The maximum Gasteiger partial charge on any atom is 0.387 e. The SMILES string of the molecule is O=C(Cn1ccc2ccccc21)O[C@@H](Cc1c(Cl)c[n+]([O-])cc1Cl)c1ccc(OC(F)F)c(OCC2CC2)c1. The fraction of sp³-hybridized carbons (Fsp3) is 0.286. The van der Waals surface area contributed by atoms with Gasteiger partial charge < -0.3 is 24.0 Å². The molecule has 2 heterocycles. The third kappa shape index (κ3) is 6.72. The van der Waals surface area contributed by atoms with Gasteiger partial charge in [-0.1, -0.05) is 47.5 Å². The summed E-state index contributed by atoms with van der Waals surface area (Å²) in [5.74, 6) is -0.197. The number of benzene rings is 2. The Bertz CT molecular complexity index is 1470. The van der Waals surface area contributed by atoms with Crippen LogP contribution in [0.2, 0.25) is 10.0 Å². The first kappa shape index (κ1) is 27.0. The molecule has 1 atom stereocenters. The summed E-state index contributed by atoms with van der Waals surface area (Å²) in [7, 11) is 0. The van der Waals surface area contributed by atoms with E-state index in [0.29, 0.717) is 28.4 Å². The van der Waals surface area contributed by atoms with E-state index in [-0.39, 0.29) is 34.5 Å². The first-order chi connectivity index (χ1) is 18.8. The summed E-state index contributed by atoms with van der Waals surface area (Å²) in [5, 5.41) is 12.9. The lowest BCUT2D eigenvalue weighted by Crippen LogP contribution is -2.26. The number of aromatic nitrogens is 2. The molecular weight excluding hydrogens is 553 g/mol. The van der Waals surface area contributed by atoms with Crippen LogP contribution in [0.4, 0.5) is 8.78 Å². The first-order valence-corrected chi connectivity index (χ1v) is 13.0. The van der Waals surface area contributed by atoms with E-state index in [1.165, 1.54) is 18.2 Å². The molecule has 7 nitrogen and oxygen atoms in total. The lowest BCUT2D eigenvalue weighted by molar-refractivity contribution is -0.605. The van der Waals surface area contributed by atoms with E-state index in [4.69, 9.17) is 32.7 Å². The summed E-state index contributed by atoms with van der Waals surface area (Å²) in [5.41, 5.74) is 1.71. The molecule has 0 spiro atoms. The summed E-state index contributed by atoms with van der Waals surface area (Å²) < 4.78 is 44.7. The molecule has 1 aliphatic carbocycles. The van der Waals surface area contributed by atoms with Crippen LogP contribution in [0.3, 0.4) is 0 Å². The Hall–Kier alpha value is -3.56. The van der Waals surface area contributed by atoms with Gasteiger partial charge >= 0.3 is 12.6 Å². The highest BCUT2D eigenvalue weighted by Crippen LogP contribution is 2.38. The van der Waals surface area contributed by atoms with Crippen LogP contribution in [-0.2, 0) is 22.5 Å². The summed E-state index contributed by atoms with van der Waals surface area (Å²) in [6, 6.07) is 13.9. The second-order valence-electron chi connectivity index (χ2n) is 9.32. The number of esters is 1. The van der Waals surface area contributed by atoms with E-state index in [9.17, 15) is 18.8 Å². The molecular formula is C28H24Cl2F2N2O5. The fourth-order valence-electron chi connectivity index (χ4n) is 4.28. The smallest absolute Gasteiger partial charge is 0.387 e. The molecule has 0 N–H and O–H groups in total. The molecule has 0 radical (unpaired) electrons. The molecule has 39 heavy (non-hydrogen) atoms.